The third-order valence-corrected chi connectivity index (χ3v) is 7.09. The summed E-state index contributed by atoms with van der Waals surface area (Å²) in [6.45, 7) is 1.83. The molecule has 0 aliphatic heterocycles. The van der Waals surface area contributed by atoms with Crippen molar-refractivity contribution in [2.45, 2.75) is 17.6 Å². The number of hydrogen-bond donors (Lipinski definition) is 0. The fourth-order valence-corrected chi connectivity index (χ4v) is 4.52. The van der Waals surface area contributed by atoms with Gasteiger partial charge in [-0.05, 0) is 55.0 Å². The Morgan fingerprint density at radius 1 is 1.10 bits per heavy atom. The van der Waals surface area contributed by atoms with E-state index in [2.05, 4.69) is 26.1 Å². The predicted octanol–water partition coefficient (Wildman–Crippen LogP) is 5.69. The van der Waals surface area contributed by atoms with Crippen LogP contribution in [0.5, 0.6) is 0 Å². The topological polar surface area (TPSA) is 86.2 Å². The third kappa shape index (κ3) is 4.14. The van der Waals surface area contributed by atoms with E-state index >= 15 is 0 Å². The van der Waals surface area contributed by atoms with E-state index in [1.807, 2.05) is 13.0 Å². The zero-order chi connectivity index (χ0) is 20.6. The van der Waals surface area contributed by atoms with Crippen molar-refractivity contribution in [2.24, 2.45) is 0 Å². The van der Waals surface area contributed by atoms with E-state index in [0.717, 1.165) is 10.0 Å². The monoisotopic (exact) mass is 492 g/mol. The molecule has 2 heterocycles. The normalized spacial score (nSPS) is 11.7. The highest BCUT2D eigenvalue weighted by atomic mass is 79.9. The molecule has 0 aliphatic carbocycles. The van der Waals surface area contributed by atoms with E-state index in [9.17, 15) is 8.42 Å². The molecule has 0 saturated carbocycles. The number of nitrogens with zero attached hydrogens (tertiary/aromatic N) is 2. The molecule has 148 valence electrons. The molecule has 0 aliphatic rings. The average Bonchev–Trinajstić information content (AvgIpc) is 3.33. The van der Waals surface area contributed by atoms with E-state index in [1.165, 1.54) is 0 Å². The summed E-state index contributed by atoms with van der Waals surface area (Å²) in [6.07, 6.45) is 0. The van der Waals surface area contributed by atoms with Crippen LogP contribution in [0.3, 0.4) is 0 Å². The number of aryl methyl sites for hydroxylation is 1. The zero-order valence-corrected chi connectivity index (χ0v) is 18.3. The largest absolute Gasteiger partial charge is 0.455 e. The summed E-state index contributed by atoms with van der Waals surface area (Å²) in [4.78, 5) is 4.52. The quantitative estimate of drug-likeness (QED) is 0.355. The number of furan rings is 1. The Kier molecular flexibility index (Phi) is 5.33. The highest BCUT2D eigenvalue weighted by Crippen LogP contribution is 2.29. The van der Waals surface area contributed by atoms with Gasteiger partial charge in [-0.1, -0.05) is 44.8 Å². The van der Waals surface area contributed by atoms with Crippen LogP contribution < -0.4 is 0 Å². The van der Waals surface area contributed by atoms with Crippen molar-refractivity contribution in [3.05, 3.63) is 75.4 Å². The van der Waals surface area contributed by atoms with Crippen LogP contribution >= 0.6 is 27.5 Å². The average molecular weight is 494 g/mol. The maximum Gasteiger partial charge on any atom is 0.293 e. The van der Waals surface area contributed by atoms with Crippen LogP contribution in [0.25, 0.3) is 23.0 Å². The Bertz CT molecular complexity index is 1300. The van der Waals surface area contributed by atoms with Crippen LogP contribution in [-0.4, -0.2) is 18.6 Å². The summed E-state index contributed by atoms with van der Waals surface area (Å²) in [5.74, 6) is 0.746. The lowest BCUT2D eigenvalue weighted by Gasteiger charge is -2.05. The van der Waals surface area contributed by atoms with Gasteiger partial charge in [0.25, 0.3) is 5.89 Å². The van der Waals surface area contributed by atoms with Gasteiger partial charge in [0.2, 0.25) is 5.82 Å². The molecule has 0 amide bonds. The first-order valence-electron chi connectivity index (χ1n) is 8.50. The van der Waals surface area contributed by atoms with Crippen LogP contribution in [0, 0.1) is 6.92 Å². The van der Waals surface area contributed by atoms with Crippen molar-refractivity contribution in [3.63, 3.8) is 0 Å². The minimum absolute atomic E-state index is 0.142. The molecule has 0 atom stereocenters. The van der Waals surface area contributed by atoms with Crippen LogP contribution in [0.15, 0.2) is 72.9 Å². The van der Waals surface area contributed by atoms with Gasteiger partial charge in [-0.25, -0.2) is 8.42 Å². The molecule has 0 fully saturated rings. The van der Waals surface area contributed by atoms with Gasteiger partial charge in [0.1, 0.15) is 11.5 Å². The minimum atomic E-state index is -3.56. The van der Waals surface area contributed by atoms with E-state index in [4.69, 9.17) is 20.5 Å². The summed E-state index contributed by atoms with van der Waals surface area (Å²) in [6, 6.07) is 15.2. The zero-order valence-electron chi connectivity index (χ0n) is 15.1. The smallest absolute Gasteiger partial charge is 0.293 e. The number of hydrogen-bond acceptors (Lipinski definition) is 6. The van der Waals surface area contributed by atoms with Gasteiger partial charge in [-0.15, -0.1) is 0 Å². The van der Waals surface area contributed by atoms with E-state index in [-0.39, 0.29) is 28.1 Å². The van der Waals surface area contributed by atoms with Crippen molar-refractivity contribution in [1.82, 2.24) is 10.1 Å². The maximum absolute atomic E-state index is 12.7. The molecule has 9 heteroatoms. The van der Waals surface area contributed by atoms with Gasteiger partial charge in [0.05, 0.1) is 9.92 Å². The van der Waals surface area contributed by atoms with E-state index < -0.39 is 9.84 Å². The van der Waals surface area contributed by atoms with Gasteiger partial charge in [0, 0.05) is 10.0 Å². The Morgan fingerprint density at radius 3 is 2.66 bits per heavy atom. The Morgan fingerprint density at radius 2 is 1.90 bits per heavy atom. The Labute approximate surface area is 180 Å². The van der Waals surface area contributed by atoms with Gasteiger partial charge in [-0.2, -0.15) is 4.98 Å². The fourth-order valence-electron chi connectivity index (χ4n) is 2.73. The second-order valence-electron chi connectivity index (χ2n) is 6.34. The van der Waals surface area contributed by atoms with Gasteiger partial charge < -0.3 is 8.94 Å². The number of rotatable bonds is 5. The Balaban J connectivity index is 1.57. The highest BCUT2D eigenvalue weighted by Gasteiger charge is 2.21. The molecule has 4 aromatic rings. The summed E-state index contributed by atoms with van der Waals surface area (Å²) in [5.41, 5.74) is 1.47. The van der Waals surface area contributed by atoms with Crippen molar-refractivity contribution in [1.29, 1.82) is 0 Å². The van der Waals surface area contributed by atoms with E-state index in [0.29, 0.717) is 16.4 Å². The lowest BCUT2D eigenvalue weighted by molar-refractivity contribution is 0.413. The molecule has 29 heavy (non-hydrogen) atoms. The van der Waals surface area contributed by atoms with Gasteiger partial charge >= 0.3 is 0 Å². The van der Waals surface area contributed by atoms with Crippen molar-refractivity contribution < 1.29 is 17.4 Å². The molecule has 0 unspecified atom stereocenters. The lowest BCUT2D eigenvalue weighted by atomic mass is 10.2. The predicted molar refractivity (Wildman–Crippen MR) is 112 cm³/mol. The first kappa shape index (κ1) is 19.9. The third-order valence-electron chi connectivity index (χ3n) is 4.23. The number of aromatic nitrogens is 2. The standard InChI is InChI=1S/C20H14BrClN2O4S/c1-12-10-14(7-8-16(12)21)29(25,26)11-13-6-9-18(27-13)20-23-19(24-28-20)15-4-2-3-5-17(15)22/h2-10H,11H2,1H3. The fraction of sp³-hybridized carbons (Fsp3) is 0.100. The van der Waals surface area contributed by atoms with Crippen LogP contribution in [0.2, 0.25) is 5.02 Å². The molecule has 0 radical (unpaired) electrons. The molecule has 0 N–H and O–H groups in total. The molecule has 2 aromatic heterocycles. The molecule has 0 saturated heterocycles. The number of benzene rings is 2. The van der Waals surface area contributed by atoms with Crippen LogP contribution in [0.4, 0.5) is 0 Å². The molecule has 4 rings (SSSR count). The summed E-state index contributed by atoms with van der Waals surface area (Å²) in [7, 11) is -3.56. The lowest BCUT2D eigenvalue weighted by Crippen LogP contribution is -2.04. The molecular weight excluding hydrogens is 480 g/mol. The first-order valence-corrected chi connectivity index (χ1v) is 11.3. The summed E-state index contributed by atoms with van der Waals surface area (Å²) < 4.78 is 37.1. The summed E-state index contributed by atoms with van der Waals surface area (Å²) >= 11 is 9.53. The minimum Gasteiger partial charge on any atom is -0.455 e. The van der Waals surface area contributed by atoms with E-state index in [1.54, 1.807) is 48.5 Å². The molecule has 2 aromatic carbocycles. The molecule has 6 nitrogen and oxygen atoms in total. The SMILES string of the molecule is Cc1cc(S(=O)(=O)Cc2ccc(-c3nc(-c4ccccc4Cl)no3)o2)ccc1Br. The summed E-state index contributed by atoms with van der Waals surface area (Å²) in [5, 5.41) is 4.42. The number of halogens is 2. The highest BCUT2D eigenvalue weighted by molar-refractivity contribution is 9.10. The van der Waals surface area contributed by atoms with Gasteiger partial charge in [-0.3, -0.25) is 0 Å². The second-order valence-corrected chi connectivity index (χ2v) is 9.59. The van der Waals surface area contributed by atoms with Crippen LogP contribution in [0.1, 0.15) is 11.3 Å². The van der Waals surface area contributed by atoms with Gasteiger partial charge in [0.15, 0.2) is 15.6 Å². The Hall–Kier alpha value is -2.42. The first-order chi connectivity index (χ1) is 13.8. The van der Waals surface area contributed by atoms with Crippen LogP contribution in [-0.2, 0) is 15.6 Å². The number of sulfone groups is 1. The molecule has 0 spiro atoms. The van der Waals surface area contributed by atoms with Crippen molar-refractivity contribution in [2.75, 3.05) is 0 Å². The second kappa shape index (κ2) is 7.78. The van der Waals surface area contributed by atoms with Crippen molar-refractivity contribution in [3.8, 4) is 23.0 Å². The maximum atomic E-state index is 12.7. The van der Waals surface area contributed by atoms with Crippen molar-refractivity contribution >= 4 is 37.4 Å². The molecule has 0 bridgehead atoms. The molecular formula is C20H14BrClN2O4S.